The second-order valence-corrected chi connectivity index (χ2v) is 4.18. The molecule has 2 rings (SSSR count). The van der Waals surface area contributed by atoms with Crippen molar-refractivity contribution in [2.75, 3.05) is 5.32 Å². The number of para-hydroxylation sites is 2. The Morgan fingerprint density at radius 1 is 1.16 bits per heavy atom. The van der Waals surface area contributed by atoms with Gasteiger partial charge in [-0.2, -0.15) is 0 Å². The minimum absolute atomic E-state index is 0.150. The van der Waals surface area contributed by atoms with Crippen LogP contribution < -0.4 is 5.32 Å². The first-order chi connectivity index (χ1) is 9.08. The Hall–Kier alpha value is -2.40. The van der Waals surface area contributed by atoms with Gasteiger partial charge < -0.3 is 5.32 Å². The van der Waals surface area contributed by atoms with Crippen molar-refractivity contribution in [1.29, 1.82) is 0 Å². The molecule has 1 N–H and O–H groups in total. The van der Waals surface area contributed by atoms with E-state index in [4.69, 9.17) is 11.6 Å². The molecule has 0 saturated carbocycles. The molecular weight excluding hydrogens is 268 g/mol. The van der Waals surface area contributed by atoms with Crippen LogP contribution in [0.1, 0.15) is 10.4 Å². The third-order valence-corrected chi connectivity index (χ3v) is 2.67. The fraction of sp³-hybridized carbons (Fsp3) is 0. The molecule has 0 spiro atoms. The van der Waals surface area contributed by atoms with E-state index in [0.29, 0.717) is 10.6 Å². The van der Waals surface area contributed by atoms with Crippen molar-refractivity contribution in [2.45, 2.75) is 0 Å². The zero-order chi connectivity index (χ0) is 13.8. The molecule has 0 radical (unpaired) electrons. The predicted molar refractivity (Wildman–Crippen MR) is 72.5 cm³/mol. The predicted octanol–water partition coefficient (Wildman–Crippen LogP) is 3.50. The minimum Gasteiger partial charge on any atom is -0.316 e. The summed E-state index contributed by atoms with van der Waals surface area (Å²) < 4.78 is 0. The lowest BCUT2D eigenvalue weighted by Crippen LogP contribution is -2.12. The molecule has 0 unspecified atom stereocenters. The summed E-state index contributed by atoms with van der Waals surface area (Å²) in [6, 6.07) is 12.3. The Morgan fingerprint density at radius 3 is 2.58 bits per heavy atom. The second-order valence-electron chi connectivity index (χ2n) is 3.74. The maximum absolute atomic E-state index is 11.9. The van der Waals surface area contributed by atoms with Gasteiger partial charge in [-0.25, -0.2) is 0 Å². The van der Waals surface area contributed by atoms with Crippen LogP contribution in [0.4, 0.5) is 11.4 Å². The molecule has 0 bridgehead atoms. The van der Waals surface area contributed by atoms with E-state index in [0.717, 1.165) is 0 Å². The van der Waals surface area contributed by atoms with Crippen molar-refractivity contribution in [2.24, 2.45) is 0 Å². The number of nitro benzene ring substituents is 1. The van der Waals surface area contributed by atoms with Crippen molar-refractivity contribution in [3.8, 4) is 0 Å². The Bertz CT molecular complexity index is 643. The van der Waals surface area contributed by atoms with Gasteiger partial charge in [0.05, 0.1) is 4.92 Å². The van der Waals surface area contributed by atoms with Crippen molar-refractivity contribution in [1.82, 2.24) is 0 Å². The summed E-state index contributed by atoms with van der Waals surface area (Å²) in [6.45, 7) is 0. The lowest BCUT2D eigenvalue weighted by Gasteiger charge is -2.06. The average molecular weight is 277 g/mol. The van der Waals surface area contributed by atoms with Crippen LogP contribution in [0.2, 0.25) is 5.02 Å². The zero-order valence-corrected chi connectivity index (χ0v) is 10.4. The molecule has 0 aliphatic heterocycles. The Balaban J connectivity index is 2.27. The topological polar surface area (TPSA) is 72.2 Å². The van der Waals surface area contributed by atoms with Crippen LogP contribution in [0.5, 0.6) is 0 Å². The minimum atomic E-state index is -0.548. The van der Waals surface area contributed by atoms with Gasteiger partial charge in [0, 0.05) is 16.7 Å². The normalized spacial score (nSPS) is 9.95. The average Bonchev–Trinajstić information content (AvgIpc) is 2.39. The number of rotatable bonds is 3. The van der Waals surface area contributed by atoms with Gasteiger partial charge in [0.25, 0.3) is 11.6 Å². The number of nitrogens with zero attached hydrogens (tertiary/aromatic N) is 1. The first-order valence-electron chi connectivity index (χ1n) is 5.38. The molecule has 96 valence electrons. The molecule has 0 fully saturated rings. The van der Waals surface area contributed by atoms with E-state index in [1.54, 1.807) is 24.3 Å². The SMILES string of the molecule is O=C(Nc1ccccc1[N+](=O)[O-])c1cccc(Cl)c1. The van der Waals surface area contributed by atoms with E-state index in [9.17, 15) is 14.9 Å². The molecule has 0 aliphatic rings. The molecule has 2 aromatic rings. The quantitative estimate of drug-likeness (QED) is 0.689. The van der Waals surface area contributed by atoms with Crippen LogP contribution in [-0.2, 0) is 0 Å². The molecule has 1 amide bonds. The molecule has 0 aliphatic carbocycles. The number of carbonyl (C=O) groups is 1. The van der Waals surface area contributed by atoms with Crippen LogP contribution in [0.3, 0.4) is 0 Å². The van der Waals surface area contributed by atoms with Crippen molar-refractivity contribution in [3.05, 3.63) is 69.2 Å². The maximum Gasteiger partial charge on any atom is 0.292 e. The largest absolute Gasteiger partial charge is 0.316 e. The molecule has 6 heteroatoms. The zero-order valence-electron chi connectivity index (χ0n) is 9.67. The van der Waals surface area contributed by atoms with Crippen LogP contribution >= 0.6 is 11.6 Å². The summed E-state index contributed by atoms with van der Waals surface area (Å²) in [5.74, 6) is -0.447. The van der Waals surface area contributed by atoms with E-state index < -0.39 is 10.8 Å². The number of nitro groups is 1. The standard InChI is InChI=1S/C13H9ClN2O3/c14-10-5-3-4-9(8-10)13(17)15-11-6-1-2-7-12(11)16(18)19/h1-8H,(H,15,17). The summed E-state index contributed by atoms with van der Waals surface area (Å²) in [4.78, 5) is 22.2. The summed E-state index contributed by atoms with van der Waals surface area (Å²) in [5, 5.41) is 13.7. The molecule has 19 heavy (non-hydrogen) atoms. The first kappa shape index (κ1) is 13.0. The van der Waals surface area contributed by atoms with Gasteiger partial charge in [-0.1, -0.05) is 29.8 Å². The Kier molecular flexibility index (Phi) is 3.77. The summed E-state index contributed by atoms with van der Waals surface area (Å²) >= 11 is 5.79. The number of hydrogen-bond acceptors (Lipinski definition) is 3. The van der Waals surface area contributed by atoms with E-state index in [1.807, 2.05) is 0 Å². The van der Waals surface area contributed by atoms with Gasteiger partial charge in [0.1, 0.15) is 5.69 Å². The highest BCUT2D eigenvalue weighted by atomic mass is 35.5. The van der Waals surface area contributed by atoms with Crippen molar-refractivity contribution >= 4 is 28.9 Å². The highest BCUT2D eigenvalue weighted by Crippen LogP contribution is 2.24. The summed E-state index contributed by atoms with van der Waals surface area (Å²) in [7, 11) is 0. The van der Waals surface area contributed by atoms with Gasteiger partial charge in [0.15, 0.2) is 0 Å². The third-order valence-electron chi connectivity index (χ3n) is 2.44. The smallest absolute Gasteiger partial charge is 0.292 e. The van der Waals surface area contributed by atoms with E-state index in [2.05, 4.69) is 5.32 Å². The lowest BCUT2D eigenvalue weighted by molar-refractivity contribution is -0.383. The molecule has 0 saturated heterocycles. The highest BCUT2D eigenvalue weighted by molar-refractivity contribution is 6.31. The van der Waals surface area contributed by atoms with Gasteiger partial charge in [0.2, 0.25) is 0 Å². The fourth-order valence-corrected chi connectivity index (χ4v) is 1.75. The Morgan fingerprint density at radius 2 is 1.89 bits per heavy atom. The lowest BCUT2D eigenvalue weighted by atomic mass is 10.2. The molecule has 0 heterocycles. The number of halogens is 1. The Labute approximate surface area is 114 Å². The summed E-state index contributed by atoms with van der Waals surface area (Å²) in [6.07, 6.45) is 0. The van der Waals surface area contributed by atoms with Crippen molar-refractivity contribution in [3.63, 3.8) is 0 Å². The molecule has 0 aromatic heterocycles. The number of benzene rings is 2. The monoisotopic (exact) mass is 276 g/mol. The number of anilines is 1. The maximum atomic E-state index is 11.9. The number of hydrogen-bond donors (Lipinski definition) is 1. The number of carbonyl (C=O) groups excluding carboxylic acids is 1. The van der Waals surface area contributed by atoms with E-state index >= 15 is 0 Å². The van der Waals surface area contributed by atoms with Crippen LogP contribution in [0.15, 0.2) is 48.5 Å². The van der Waals surface area contributed by atoms with Gasteiger partial charge in [-0.3, -0.25) is 14.9 Å². The molecule has 2 aromatic carbocycles. The van der Waals surface area contributed by atoms with Gasteiger partial charge >= 0.3 is 0 Å². The molecular formula is C13H9ClN2O3. The van der Waals surface area contributed by atoms with E-state index in [1.165, 1.54) is 24.3 Å². The first-order valence-corrected chi connectivity index (χ1v) is 5.76. The molecule has 5 nitrogen and oxygen atoms in total. The van der Waals surface area contributed by atoms with E-state index in [-0.39, 0.29) is 11.4 Å². The molecule has 0 atom stereocenters. The number of nitrogens with one attached hydrogen (secondary N) is 1. The van der Waals surface area contributed by atoms with Crippen LogP contribution in [0.25, 0.3) is 0 Å². The second kappa shape index (κ2) is 5.49. The van der Waals surface area contributed by atoms with Gasteiger partial charge in [-0.05, 0) is 24.3 Å². The van der Waals surface area contributed by atoms with Gasteiger partial charge in [-0.15, -0.1) is 0 Å². The van der Waals surface area contributed by atoms with Crippen LogP contribution in [-0.4, -0.2) is 10.8 Å². The van der Waals surface area contributed by atoms with Crippen molar-refractivity contribution < 1.29 is 9.72 Å². The number of amides is 1. The highest BCUT2D eigenvalue weighted by Gasteiger charge is 2.15. The third kappa shape index (κ3) is 3.08. The summed E-state index contributed by atoms with van der Waals surface area (Å²) in [5.41, 5.74) is 0.334. The fourth-order valence-electron chi connectivity index (χ4n) is 1.56. The van der Waals surface area contributed by atoms with Crippen LogP contribution in [0, 0.1) is 10.1 Å².